The highest BCUT2D eigenvalue weighted by molar-refractivity contribution is 6.30. The van der Waals surface area contributed by atoms with Crippen molar-refractivity contribution in [2.75, 3.05) is 26.2 Å². The van der Waals surface area contributed by atoms with Gasteiger partial charge in [-0.2, -0.15) is 0 Å². The predicted molar refractivity (Wildman–Crippen MR) is 134 cm³/mol. The van der Waals surface area contributed by atoms with Gasteiger partial charge in [0.15, 0.2) is 0 Å². The molecule has 0 radical (unpaired) electrons. The topological polar surface area (TPSA) is 23.6 Å². The third-order valence-corrected chi connectivity index (χ3v) is 7.46. The second-order valence-corrected chi connectivity index (χ2v) is 10.4. The molecule has 0 spiro atoms. The van der Waals surface area contributed by atoms with Gasteiger partial charge in [-0.15, -0.1) is 0 Å². The zero-order valence-corrected chi connectivity index (χ0v) is 20.4. The molecule has 0 aromatic heterocycles. The number of hydrogen-bond acceptors (Lipinski definition) is 2. The quantitative estimate of drug-likeness (QED) is 0.527. The van der Waals surface area contributed by atoms with Crippen LogP contribution in [-0.4, -0.2) is 47.4 Å². The number of halogens is 1. The van der Waals surface area contributed by atoms with Gasteiger partial charge in [0.05, 0.1) is 0 Å². The van der Waals surface area contributed by atoms with E-state index in [9.17, 15) is 4.79 Å². The van der Waals surface area contributed by atoms with Gasteiger partial charge < -0.3 is 4.90 Å². The minimum absolute atomic E-state index is 0.111. The zero-order valence-electron chi connectivity index (χ0n) is 19.6. The Balaban J connectivity index is 1.31. The standard InChI is InChI=1S/C28H35ClN2O/c1-4-30(27(32)25-17-23-7-5-6-8-24(23)18-25)20-22-13-15-31(16-14-22)28(2,3)19-21-9-11-26(29)12-10-21/h5-12,17,22H,4,13-16,18-20H2,1-3H3. The summed E-state index contributed by atoms with van der Waals surface area (Å²) in [6.45, 7) is 10.6. The monoisotopic (exact) mass is 450 g/mol. The molecule has 2 aromatic carbocycles. The van der Waals surface area contributed by atoms with E-state index in [0.717, 1.165) is 62.5 Å². The average Bonchev–Trinajstić information content (AvgIpc) is 3.23. The second kappa shape index (κ2) is 9.80. The number of likely N-dealkylation sites (tertiary alicyclic amines) is 1. The van der Waals surface area contributed by atoms with Crippen LogP contribution in [0.25, 0.3) is 6.08 Å². The van der Waals surface area contributed by atoms with E-state index >= 15 is 0 Å². The molecule has 1 heterocycles. The van der Waals surface area contributed by atoms with Crippen molar-refractivity contribution in [2.45, 2.75) is 52.0 Å². The van der Waals surface area contributed by atoms with Gasteiger partial charge >= 0.3 is 0 Å². The van der Waals surface area contributed by atoms with Gasteiger partial charge in [0, 0.05) is 35.6 Å². The molecule has 4 rings (SSSR count). The smallest absolute Gasteiger partial charge is 0.250 e. The maximum absolute atomic E-state index is 13.2. The molecule has 0 unspecified atom stereocenters. The van der Waals surface area contributed by atoms with Crippen LogP contribution in [0.3, 0.4) is 0 Å². The predicted octanol–water partition coefficient (Wildman–Crippen LogP) is 5.86. The summed E-state index contributed by atoms with van der Waals surface area (Å²) in [5.74, 6) is 0.792. The Labute approximate surface area is 198 Å². The molecule has 4 heteroatoms. The number of rotatable bonds is 7. The first kappa shape index (κ1) is 23.1. The fourth-order valence-corrected chi connectivity index (χ4v) is 5.35. The molecular weight excluding hydrogens is 416 g/mol. The first-order chi connectivity index (χ1) is 15.4. The third kappa shape index (κ3) is 5.27. The molecule has 2 aromatic rings. The summed E-state index contributed by atoms with van der Waals surface area (Å²) < 4.78 is 0. The highest BCUT2D eigenvalue weighted by Gasteiger charge is 2.32. The summed E-state index contributed by atoms with van der Waals surface area (Å²) in [7, 11) is 0. The van der Waals surface area contributed by atoms with Crippen LogP contribution in [0.15, 0.2) is 54.1 Å². The van der Waals surface area contributed by atoms with Crippen molar-refractivity contribution in [2.24, 2.45) is 5.92 Å². The molecular formula is C28H35ClN2O. The van der Waals surface area contributed by atoms with Gasteiger partial charge in [0.25, 0.3) is 0 Å². The highest BCUT2D eigenvalue weighted by atomic mass is 35.5. The van der Waals surface area contributed by atoms with Crippen molar-refractivity contribution < 1.29 is 4.79 Å². The lowest BCUT2D eigenvalue weighted by Crippen LogP contribution is -2.50. The molecule has 1 saturated heterocycles. The maximum atomic E-state index is 13.2. The second-order valence-electron chi connectivity index (χ2n) is 9.94. The Morgan fingerprint density at radius 2 is 1.78 bits per heavy atom. The molecule has 32 heavy (non-hydrogen) atoms. The number of hydrogen-bond donors (Lipinski definition) is 0. The van der Waals surface area contributed by atoms with Crippen molar-refractivity contribution in [3.63, 3.8) is 0 Å². The molecule has 0 atom stereocenters. The number of likely N-dealkylation sites (N-methyl/N-ethyl adjacent to an activating group) is 1. The van der Waals surface area contributed by atoms with Crippen molar-refractivity contribution in [3.05, 3.63) is 75.8 Å². The first-order valence-electron chi connectivity index (χ1n) is 11.9. The Hall–Kier alpha value is -2.10. The summed E-state index contributed by atoms with van der Waals surface area (Å²) in [4.78, 5) is 17.9. The van der Waals surface area contributed by atoms with E-state index in [1.807, 2.05) is 18.2 Å². The Bertz CT molecular complexity index is 971. The Kier molecular flexibility index (Phi) is 7.07. The number of piperidine rings is 1. The summed E-state index contributed by atoms with van der Waals surface area (Å²) >= 11 is 6.05. The normalized spacial score (nSPS) is 17.2. The van der Waals surface area contributed by atoms with Crippen molar-refractivity contribution >= 4 is 23.6 Å². The lowest BCUT2D eigenvalue weighted by Gasteiger charge is -2.44. The molecule has 0 saturated carbocycles. The number of carbonyl (C=O) groups excluding carboxylic acids is 1. The lowest BCUT2D eigenvalue weighted by atomic mass is 9.88. The summed E-state index contributed by atoms with van der Waals surface area (Å²) in [5, 5.41) is 0.791. The molecule has 0 N–H and O–H groups in total. The molecule has 1 aliphatic carbocycles. The maximum Gasteiger partial charge on any atom is 0.250 e. The molecule has 1 amide bonds. The summed E-state index contributed by atoms with van der Waals surface area (Å²) in [6, 6.07) is 16.6. The van der Waals surface area contributed by atoms with Crippen LogP contribution in [0.4, 0.5) is 0 Å². The zero-order chi connectivity index (χ0) is 22.7. The van der Waals surface area contributed by atoms with Gasteiger partial charge in [0.2, 0.25) is 5.91 Å². The average molecular weight is 451 g/mol. The number of fused-ring (bicyclic) bond motifs is 1. The molecule has 1 aliphatic heterocycles. The Morgan fingerprint density at radius 1 is 1.09 bits per heavy atom. The van der Waals surface area contributed by atoms with Crippen LogP contribution in [0, 0.1) is 5.92 Å². The minimum atomic E-state index is 0.111. The van der Waals surface area contributed by atoms with E-state index in [1.165, 1.54) is 16.7 Å². The lowest BCUT2D eigenvalue weighted by molar-refractivity contribution is -0.127. The number of nitrogens with zero attached hydrogens (tertiary/aromatic N) is 2. The van der Waals surface area contributed by atoms with Gasteiger partial charge in [-0.25, -0.2) is 0 Å². The van der Waals surface area contributed by atoms with Gasteiger partial charge in [-0.3, -0.25) is 9.69 Å². The molecule has 1 fully saturated rings. The largest absolute Gasteiger partial charge is 0.339 e. The minimum Gasteiger partial charge on any atom is -0.339 e. The fraction of sp³-hybridized carbons (Fsp3) is 0.464. The van der Waals surface area contributed by atoms with E-state index in [0.29, 0.717) is 5.92 Å². The molecule has 0 bridgehead atoms. The van der Waals surface area contributed by atoms with Crippen LogP contribution < -0.4 is 0 Å². The number of benzene rings is 2. The van der Waals surface area contributed by atoms with Gasteiger partial charge in [0.1, 0.15) is 0 Å². The van der Waals surface area contributed by atoms with Crippen molar-refractivity contribution in [1.29, 1.82) is 0 Å². The molecule has 170 valence electrons. The number of carbonyl (C=O) groups is 1. The Morgan fingerprint density at radius 3 is 2.44 bits per heavy atom. The van der Waals surface area contributed by atoms with Crippen LogP contribution >= 0.6 is 11.6 Å². The SMILES string of the molecule is CCN(CC1CCN(C(C)(C)Cc2ccc(Cl)cc2)CC1)C(=O)C1=Cc2ccccc2C1. The van der Waals surface area contributed by atoms with Crippen molar-refractivity contribution in [3.8, 4) is 0 Å². The van der Waals surface area contributed by atoms with Crippen LogP contribution in [0.1, 0.15) is 50.3 Å². The van der Waals surface area contributed by atoms with E-state index < -0.39 is 0 Å². The third-order valence-electron chi connectivity index (χ3n) is 7.21. The van der Waals surface area contributed by atoms with E-state index in [-0.39, 0.29) is 11.4 Å². The molecule has 3 nitrogen and oxygen atoms in total. The highest BCUT2D eigenvalue weighted by Crippen LogP contribution is 2.29. The van der Waals surface area contributed by atoms with Gasteiger partial charge in [-0.05, 0) is 93.9 Å². The van der Waals surface area contributed by atoms with Crippen LogP contribution in [0.2, 0.25) is 5.02 Å². The van der Waals surface area contributed by atoms with E-state index in [1.54, 1.807) is 0 Å². The summed E-state index contributed by atoms with van der Waals surface area (Å²) in [6.07, 6.45) is 6.16. The number of amides is 1. The van der Waals surface area contributed by atoms with Crippen LogP contribution in [-0.2, 0) is 17.6 Å². The van der Waals surface area contributed by atoms with Crippen LogP contribution in [0.5, 0.6) is 0 Å². The van der Waals surface area contributed by atoms with E-state index in [2.05, 4.69) is 67.0 Å². The van der Waals surface area contributed by atoms with Crippen molar-refractivity contribution in [1.82, 2.24) is 9.80 Å². The fourth-order valence-electron chi connectivity index (χ4n) is 5.22. The van der Waals surface area contributed by atoms with Gasteiger partial charge in [-0.1, -0.05) is 48.0 Å². The van der Waals surface area contributed by atoms with E-state index in [4.69, 9.17) is 11.6 Å². The summed E-state index contributed by atoms with van der Waals surface area (Å²) in [5.41, 5.74) is 4.84. The molecule has 2 aliphatic rings. The first-order valence-corrected chi connectivity index (χ1v) is 12.3.